The van der Waals surface area contributed by atoms with Crippen molar-refractivity contribution < 1.29 is 9.47 Å². The zero-order chi connectivity index (χ0) is 13.7. The first-order valence-corrected chi connectivity index (χ1v) is 6.74. The molecule has 0 saturated carbocycles. The minimum absolute atomic E-state index is 0.391. The van der Waals surface area contributed by atoms with Gasteiger partial charge in [0.2, 0.25) is 0 Å². The molecule has 2 rings (SSSR count). The third-order valence-corrected chi connectivity index (χ3v) is 3.25. The van der Waals surface area contributed by atoms with E-state index in [1.165, 1.54) is 0 Å². The summed E-state index contributed by atoms with van der Waals surface area (Å²) in [5, 5.41) is 0.612. The Bertz CT molecular complexity index is 556. The van der Waals surface area contributed by atoms with E-state index in [1.807, 2.05) is 36.4 Å². The number of hydrogen-bond donors (Lipinski definition) is 0. The molecular weight excluding hydrogens is 283 g/mol. The van der Waals surface area contributed by atoms with E-state index in [2.05, 4.69) is 0 Å². The second-order valence-corrected chi connectivity index (χ2v) is 4.74. The summed E-state index contributed by atoms with van der Waals surface area (Å²) in [6, 6.07) is 13.2. The summed E-state index contributed by atoms with van der Waals surface area (Å²) in [5.74, 6) is 1.83. The molecule has 0 atom stereocenters. The van der Waals surface area contributed by atoms with E-state index in [-0.39, 0.29) is 0 Å². The van der Waals surface area contributed by atoms with Crippen LogP contribution in [0, 0.1) is 0 Å². The SMILES string of the molecule is COCc1cccc(Oc2ccc(CCl)c(Cl)c2)c1. The molecule has 0 aliphatic carbocycles. The number of alkyl halides is 1. The van der Waals surface area contributed by atoms with Gasteiger partial charge in [0.1, 0.15) is 11.5 Å². The molecule has 2 aromatic rings. The first-order chi connectivity index (χ1) is 9.22. The third kappa shape index (κ3) is 3.87. The average molecular weight is 297 g/mol. The largest absolute Gasteiger partial charge is 0.457 e. The van der Waals surface area contributed by atoms with Gasteiger partial charge >= 0.3 is 0 Å². The molecule has 0 unspecified atom stereocenters. The second-order valence-electron chi connectivity index (χ2n) is 4.07. The van der Waals surface area contributed by atoms with Crippen molar-refractivity contribution in [1.82, 2.24) is 0 Å². The normalized spacial score (nSPS) is 10.5. The molecule has 100 valence electrons. The van der Waals surface area contributed by atoms with E-state index in [9.17, 15) is 0 Å². The fraction of sp³-hybridized carbons (Fsp3) is 0.200. The molecule has 19 heavy (non-hydrogen) atoms. The fourth-order valence-electron chi connectivity index (χ4n) is 1.70. The summed E-state index contributed by atoms with van der Waals surface area (Å²) in [5.41, 5.74) is 1.95. The van der Waals surface area contributed by atoms with Crippen molar-refractivity contribution in [3.63, 3.8) is 0 Å². The smallest absolute Gasteiger partial charge is 0.128 e. The second kappa shape index (κ2) is 6.80. The molecule has 0 amide bonds. The molecule has 0 radical (unpaired) electrons. The van der Waals surface area contributed by atoms with Crippen LogP contribution in [0.5, 0.6) is 11.5 Å². The quantitative estimate of drug-likeness (QED) is 0.722. The minimum atomic E-state index is 0.391. The van der Waals surface area contributed by atoms with Gasteiger partial charge in [-0.05, 0) is 35.4 Å². The summed E-state index contributed by atoms with van der Waals surface area (Å²) >= 11 is 11.9. The van der Waals surface area contributed by atoms with Crippen molar-refractivity contribution in [3.8, 4) is 11.5 Å². The Balaban J connectivity index is 2.16. The highest BCUT2D eigenvalue weighted by molar-refractivity contribution is 6.32. The molecule has 4 heteroatoms. The summed E-state index contributed by atoms with van der Waals surface area (Å²) in [7, 11) is 1.66. The Kier molecular flexibility index (Phi) is 5.08. The minimum Gasteiger partial charge on any atom is -0.457 e. The van der Waals surface area contributed by atoms with Gasteiger partial charge in [0.05, 0.1) is 6.61 Å². The molecule has 0 fully saturated rings. The lowest BCUT2D eigenvalue weighted by Gasteiger charge is -2.09. The van der Waals surface area contributed by atoms with Crippen LogP contribution in [0.15, 0.2) is 42.5 Å². The maximum absolute atomic E-state index is 6.09. The van der Waals surface area contributed by atoms with E-state index in [0.29, 0.717) is 23.3 Å². The molecule has 2 nitrogen and oxygen atoms in total. The van der Waals surface area contributed by atoms with Gasteiger partial charge in [-0.1, -0.05) is 29.8 Å². The Morgan fingerprint density at radius 2 is 1.84 bits per heavy atom. The molecule has 0 aliphatic rings. The van der Waals surface area contributed by atoms with Gasteiger partial charge in [0.15, 0.2) is 0 Å². The van der Waals surface area contributed by atoms with Crippen molar-refractivity contribution in [3.05, 3.63) is 58.6 Å². The standard InChI is InChI=1S/C15H14Cl2O2/c1-18-10-11-3-2-4-13(7-11)19-14-6-5-12(9-16)15(17)8-14/h2-8H,9-10H2,1H3. The highest BCUT2D eigenvalue weighted by Crippen LogP contribution is 2.28. The Morgan fingerprint density at radius 1 is 1.05 bits per heavy atom. The number of ether oxygens (including phenoxy) is 2. The number of rotatable bonds is 5. The summed E-state index contributed by atoms with van der Waals surface area (Å²) in [6.07, 6.45) is 0. The summed E-state index contributed by atoms with van der Waals surface area (Å²) in [6.45, 7) is 0.559. The fourth-order valence-corrected chi connectivity index (χ4v) is 2.24. The Hall–Kier alpha value is -1.22. The van der Waals surface area contributed by atoms with E-state index in [1.54, 1.807) is 13.2 Å². The molecule has 0 heterocycles. The number of benzene rings is 2. The van der Waals surface area contributed by atoms with Crippen molar-refractivity contribution >= 4 is 23.2 Å². The number of methoxy groups -OCH3 is 1. The molecule has 0 N–H and O–H groups in total. The van der Waals surface area contributed by atoms with Crippen LogP contribution < -0.4 is 4.74 Å². The highest BCUT2D eigenvalue weighted by atomic mass is 35.5. The molecule has 0 aliphatic heterocycles. The topological polar surface area (TPSA) is 18.5 Å². The zero-order valence-corrected chi connectivity index (χ0v) is 12.0. The highest BCUT2D eigenvalue weighted by Gasteiger charge is 2.03. The molecule has 0 aromatic heterocycles. The molecular formula is C15H14Cl2O2. The molecule has 0 saturated heterocycles. The van der Waals surface area contributed by atoms with E-state index >= 15 is 0 Å². The lowest BCUT2D eigenvalue weighted by atomic mass is 10.2. The van der Waals surface area contributed by atoms with E-state index in [4.69, 9.17) is 32.7 Å². The molecule has 0 spiro atoms. The monoisotopic (exact) mass is 296 g/mol. The first-order valence-electron chi connectivity index (χ1n) is 5.83. The van der Waals surface area contributed by atoms with Crippen LogP contribution in [0.1, 0.15) is 11.1 Å². The predicted octanol–water partition coefficient (Wildman–Crippen LogP) is 5.02. The van der Waals surface area contributed by atoms with Crippen LogP contribution >= 0.6 is 23.2 Å². The van der Waals surface area contributed by atoms with Crippen LogP contribution in [0.4, 0.5) is 0 Å². The number of hydrogen-bond acceptors (Lipinski definition) is 2. The predicted molar refractivity (Wildman–Crippen MR) is 78.2 cm³/mol. The van der Waals surface area contributed by atoms with Gasteiger partial charge in [-0.15, -0.1) is 11.6 Å². The van der Waals surface area contributed by atoms with Gasteiger partial charge in [0.25, 0.3) is 0 Å². The summed E-state index contributed by atoms with van der Waals surface area (Å²) < 4.78 is 10.9. The van der Waals surface area contributed by atoms with Crippen molar-refractivity contribution in [2.45, 2.75) is 12.5 Å². The van der Waals surface area contributed by atoms with Crippen LogP contribution in [-0.2, 0) is 17.2 Å². The van der Waals surface area contributed by atoms with Crippen molar-refractivity contribution in [2.24, 2.45) is 0 Å². The lowest BCUT2D eigenvalue weighted by Crippen LogP contribution is -1.90. The first kappa shape index (κ1) is 14.2. The van der Waals surface area contributed by atoms with Crippen molar-refractivity contribution in [1.29, 1.82) is 0 Å². The maximum atomic E-state index is 6.09. The molecule has 2 aromatic carbocycles. The van der Waals surface area contributed by atoms with Gasteiger partial charge in [-0.25, -0.2) is 0 Å². The van der Waals surface area contributed by atoms with Crippen LogP contribution in [0.25, 0.3) is 0 Å². The molecule has 0 bridgehead atoms. The van der Waals surface area contributed by atoms with Gasteiger partial charge in [-0.3, -0.25) is 0 Å². The third-order valence-electron chi connectivity index (χ3n) is 2.61. The van der Waals surface area contributed by atoms with E-state index in [0.717, 1.165) is 16.9 Å². The number of halogens is 2. The van der Waals surface area contributed by atoms with Crippen LogP contribution in [0.3, 0.4) is 0 Å². The van der Waals surface area contributed by atoms with Crippen LogP contribution in [-0.4, -0.2) is 7.11 Å². The Morgan fingerprint density at radius 3 is 2.53 bits per heavy atom. The van der Waals surface area contributed by atoms with Gasteiger partial charge < -0.3 is 9.47 Å². The van der Waals surface area contributed by atoms with Gasteiger partial charge in [0, 0.05) is 18.0 Å². The van der Waals surface area contributed by atoms with E-state index < -0.39 is 0 Å². The van der Waals surface area contributed by atoms with Gasteiger partial charge in [-0.2, -0.15) is 0 Å². The zero-order valence-electron chi connectivity index (χ0n) is 10.5. The lowest BCUT2D eigenvalue weighted by molar-refractivity contribution is 0.184. The summed E-state index contributed by atoms with van der Waals surface area (Å²) in [4.78, 5) is 0. The Labute approximate surface area is 122 Å². The average Bonchev–Trinajstić information content (AvgIpc) is 2.40. The van der Waals surface area contributed by atoms with Crippen molar-refractivity contribution in [2.75, 3.05) is 7.11 Å². The maximum Gasteiger partial charge on any atom is 0.128 e. The van der Waals surface area contributed by atoms with Crippen LogP contribution in [0.2, 0.25) is 5.02 Å².